The second-order valence-corrected chi connectivity index (χ2v) is 9.53. The molecule has 0 spiro atoms. The number of nitrogens with zero attached hydrogens (tertiary/aromatic N) is 2. The Kier molecular flexibility index (Phi) is 7.29. The lowest BCUT2D eigenvalue weighted by Gasteiger charge is -2.51. The normalized spacial score (nSPS) is 30.0. The van der Waals surface area contributed by atoms with Gasteiger partial charge in [-0.15, -0.1) is 0 Å². The van der Waals surface area contributed by atoms with Crippen molar-refractivity contribution in [1.29, 1.82) is 5.26 Å². The number of alkyl halides is 3. The number of esters is 1. The zero-order valence-electron chi connectivity index (χ0n) is 15.2. The lowest BCUT2D eigenvalue weighted by atomic mass is 9.58. The van der Waals surface area contributed by atoms with E-state index in [1.54, 1.807) is 6.92 Å². The Bertz CT molecular complexity index is 677. The fraction of sp³-hybridized carbons (Fsp3) is 0.765. The van der Waals surface area contributed by atoms with Crippen LogP contribution >= 0.6 is 34.8 Å². The number of likely N-dealkylation sites (tertiary alicyclic amines) is 1. The van der Waals surface area contributed by atoms with Gasteiger partial charge in [-0.2, -0.15) is 5.26 Å². The number of hydrogen-bond acceptors (Lipinski definition) is 6. The minimum absolute atomic E-state index is 0.0603. The number of rotatable bonds is 4. The molecule has 2 aliphatic rings. The Balaban J connectivity index is 2.30. The summed E-state index contributed by atoms with van der Waals surface area (Å²) in [5.74, 6) is -2.83. The number of halogens is 3. The van der Waals surface area contributed by atoms with Gasteiger partial charge in [-0.1, -0.05) is 41.2 Å². The van der Waals surface area contributed by atoms with Crippen LogP contribution in [0.2, 0.25) is 0 Å². The van der Waals surface area contributed by atoms with Crippen LogP contribution in [0, 0.1) is 28.6 Å². The van der Waals surface area contributed by atoms with Gasteiger partial charge >= 0.3 is 18.0 Å². The summed E-state index contributed by atoms with van der Waals surface area (Å²) in [7, 11) is 0. The van der Waals surface area contributed by atoms with Crippen molar-refractivity contribution < 1.29 is 29.0 Å². The first-order chi connectivity index (χ1) is 13.0. The average Bonchev–Trinajstić information content (AvgIpc) is 2.63. The zero-order chi connectivity index (χ0) is 21.1. The number of fused-ring (bicyclic) bond motifs is 1. The van der Waals surface area contributed by atoms with Gasteiger partial charge in [0.2, 0.25) is 3.79 Å². The Labute approximate surface area is 177 Å². The Hall–Kier alpha value is -1.43. The van der Waals surface area contributed by atoms with Crippen LogP contribution in [0.3, 0.4) is 0 Å². The van der Waals surface area contributed by atoms with E-state index in [4.69, 9.17) is 44.3 Å². The number of carbonyl (C=O) groups excluding carboxylic acids is 2. The van der Waals surface area contributed by atoms with Gasteiger partial charge < -0.3 is 14.6 Å². The first kappa shape index (κ1) is 22.9. The molecular formula is C17H21Cl3N2O6. The van der Waals surface area contributed by atoms with Crippen molar-refractivity contribution in [3.05, 3.63) is 0 Å². The summed E-state index contributed by atoms with van der Waals surface area (Å²) in [5.41, 5.74) is -1.07. The van der Waals surface area contributed by atoms with Crippen molar-refractivity contribution >= 4 is 52.8 Å². The maximum absolute atomic E-state index is 12.5. The third-order valence-corrected chi connectivity index (χ3v) is 5.66. The summed E-state index contributed by atoms with van der Waals surface area (Å²) >= 11 is 16.7. The standard InChI is InChI=1S/C17H21Cl3N2O6/c1-2-27-14(25)10-4-3-5-16(7-21)8-22(12(13(23)24)6-11(10)16)15(26)28-9-17(18,19)20/h10-12H,2-6,8-9H2,1H3,(H,23,24)/t10-,11+,12-,16+/m0/s1. The lowest BCUT2D eigenvalue weighted by molar-refractivity contribution is -0.161. The Morgan fingerprint density at radius 3 is 2.54 bits per heavy atom. The summed E-state index contributed by atoms with van der Waals surface area (Å²) in [6, 6.07) is 0.975. The van der Waals surface area contributed by atoms with Gasteiger partial charge in [0.25, 0.3) is 0 Å². The summed E-state index contributed by atoms with van der Waals surface area (Å²) < 4.78 is 8.21. The summed E-state index contributed by atoms with van der Waals surface area (Å²) in [4.78, 5) is 37.7. The van der Waals surface area contributed by atoms with E-state index in [2.05, 4.69) is 6.07 Å². The monoisotopic (exact) mass is 454 g/mol. The molecule has 28 heavy (non-hydrogen) atoms. The highest BCUT2D eigenvalue weighted by Gasteiger charge is 2.56. The maximum Gasteiger partial charge on any atom is 0.410 e. The number of aliphatic carboxylic acids is 1. The van der Waals surface area contributed by atoms with Gasteiger partial charge in [0.15, 0.2) is 0 Å². The molecule has 0 aromatic carbocycles. The third kappa shape index (κ3) is 4.94. The largest absolute Gasteiger partial charge is 0.480 e. The first-order valence-electron chi connectivity index (χ1n) is 8.85. The maximum atomic E-state index is 12.5. The van der Waals surface area contributed by atoms with E-state index in [0.717, 1.165) is 4.90 Å². The van der Waals surface area contributed by atoms with Crippen LogP contribution in [0.1, 0.15) is 32.6 Å². The lowest BCUT2D eigenvalue weighted by Crippen LogP contribution is -2.61. The molecule has 2 fully saturated rings. The van der Waals surface area contributed by atoms with E-state index in [-0.39, 0.29) is 19.6 Å². The second-order valence-electron chi connectivity index (χ2n) is 7.01. The number of piperidine rings is 1. The fourth-order valence-corrected chi connectivity index (χ4v) is 4.30. The molecule has 1 saturated carbocycles. The fourth-order valence-electron chi connectivity index (χ4n) is 4.14. The van der Waals surface area contributed by atoms with Crippen LogP contribution in [0.5, 0.6) is 0 Å². The van der Waals surface area contributed by atoms with Crippen molar-refractivity contribution in [3.63, 3.8) is 0 Å². The molecular weight excluding hydrogens is 435 g/mol. The van der Waals surface area contributed by atoms with Gasteiger partial charge in [-0.05, 0) is 32.1 Å². The molecule has 156 valence electrons. The molecule has 8 nitrogen and oxygen atoms in total. The second kappa shape index (κ2) is 8.93. The van der Waals surface area contributed by atoms with Crippen LogP contribution in [0.4, 0.5) is 4.79 Å². The van der Waals surface area contributed by atoms with E-state index in [9.17, 15) is 24.8 Å². The molecule has 0 unspecified atom stereocenters. The highest BCUT2D eigenvalue weighted by atomic mass is 35.6. The molecule has 1 amide bonds. The molecule has 1 aliphatic heterocycles. The molecule has 0 aromatic rings. The van der Waals surface area contributed by atoms with Crippen LogP contribution < -0.4 is 0 Å². The van der Waals surface area contributed by atoms with Gasteiger partial charge in [-0.3, -0.25) is 9.69 Å². The predicted octanol–water partition coefficient (Wildman–Crippen LogP) is 3.14. The van der Waals surface area contributed by atoms with Crippen molar-refractivity contribution in [2.45, 2.75) is 42.4 Å². The van der Waals surface area contributed by atoms with Crippen molar-refractivity contribution in [3.8, 4) is 6.07 Å². The van der Waals surface area contributed by atoms with Crippen LogP contribution in [0.25, 0.3) is 0 Å². The molecule has 11 heteroatoms. The van der Waals surface area contributed by atoms with E-state index < -0.39 is 51.7 Å². The molecule has 0 bridgehead atoms. The molecule has 1 N–H and O–H groups in total. The number of carboxylic acid groups (broad SMARTS) is 1. The molecule has 2 rings (SSSR count). The van der Waals surface area contributed by atoms with Gasteiger partial charge in [0, 0.05) is 6.54 Å². The SMILES string of the molecule is CCOC(=O)[C@H]1CCC[C@@]2(C#N)CN(C(=O)OCC(Cl)(Cl)Cl)[C@H](C(=O)O)C[C@H]12. The van der Waals surface area contributed by atoms with E-state index >= 15 is 0 Å². The van der Waals surface area contributed by atoms with Crippen molar-refractivity contribution in [2.75, 3.05) is 19.8 Å². The van der Waals surface area contributed by atoms with E-state index in [1.807, 2.05) is 0 Å². The number of ether oxygens (including phenoxy) is 2. The number of hydrogen-bond donors (Lipinski definition) is 1. The van der Waals surface area contributed by atoms with Gasteiger partial charge in [0.05, 0.1) is 24.0 Å². The van der Waals surface area contributed by atoms with Gasteiger partial charge in [0.1, 0.15) is 12.6 Å². The molecule has 4 atom stereocenters. The van der Waals surface area contributed by atoms with Crippen molar-refractivity contribution in [2.24, 2.45) is 17.3 Å². The molecule has 1 saturated heterocycles. The third-order valence-electron chi connectivity index (χ3n) is 5.33. The highest BCUT2D eigenvalue weighted by Crippen LogP contribution is 2.51. The average molecular weight is 456 g/mol. The minimum atomic E-state index is -1.85. The Morgan fingerprint density at radius 2 is 2.00 bits per heavy atom. The summed E-state index contributed by atoms with van der Waals surface area (Å²) in [5, 5.41) is 19.5. The zero-order valence-corrected chi connectivity index (χ0v) is 17.5. The molecule has 1 aliphatic carbocycles. The van der Waals surface area contributed by atoms with Crippen LogP contribution in [0.15, 0.2) is 0 Å². The molecule has 0 aromatic heterocycles. The van der Waals surface area contributed by atoms with Crippen molar-refractivity contribution in [1.82, 2.24) is 4.90 Å². The quantitative estimate of drug-likeness (QED) is 0.511. The molecule has 0 radical (unpaired) electrons. The summed E-state index contributed by atoms with van der Waals surface area (Å²) in [6.45, 7) is 1.13. The number of carbonyl (C=O) groups is 3. The van der Waals surface area contributed by atoms with Crippen LogP contribution in [-0.4, -0.2) is 57.6 Å². The van der Waals surface area contributed by atoms with E-state index in [0.29, 0.717) is 19.3 Å². The minimum Gasteiger partial charge on any atom is -0.480 e. The topological polar surface area (TPSA) is 117 Å². The number of amides is 1. The smallest absolute Gasteiger partial charge is 0.410 e. The highest BCUT2D eigenvalue weighted by molar-refractivity contribution is 6.67. The Morgan fingerprint density at radius 1 is 1.32 bits per heavy atom. The molecule has 1 heterocycles. The van der Waals surface area contributed by atoms with Crippen LogP contribution in [-0.2, 0) is 19.1 Å². The summed E-state index contributed by atoms with van der Waals surface area (Å²) in [6.07, 6.45) is 0.490. The number of nitriles is 1. The number of carboxylic acids is 1. The van der Waals surface area contributed by atoms with E-state index in [1.165, 1.54) is 0 Å². The predicted molar refractivity (Wildman–Crippen MR) is 99.9 cm³/mol. The van der Waals surface area contributed by atoms with Gasteiger partial charge in [-0.25, -0.2) is 9.59 Å². The first-order valence-corrected chi connectivity index (χ1v) is 9.99.